The van der Waals surface area contributed by atoms with Crippen LogP contribution >= 0.6 is 0 Å². The van der Waals surface area contributed by atoms with Gasteiger partial charge in [-0.15, -0.1) is 0 Å². The van der Waals surface area contributed by atoms with Crippen molar-refractivity contribution in [1.82, 2.24) is 0 Å². The molecule has 110 valence electrons. The molecular weight excluding hydrogens is 236 g/mol. The summed E-state index contributed by atoms with van der Waals surface area (Å²) in [4.78, 5) is 0. The molecule has 2 heteroatoms. The fraction of sp³-hybridized carbons (Fsp3) is 0.882. The molecule has 2 N–H and O–H groups in total. The normalized spacial score (nSPS) is 47.9. The van der Waals surface area contributed by atoms with E-state index in [1.165, 1.54) is 5.57 Å². The highest BCUT2D eigenvalue weighted by Crippen LogP contribution is 2.52. The Balaban J connectivity index is 2.32. The highest BCUT2D eigenvalue weighted by molar-refractivity contribution is 5.11. The first-order valence-electron chi connectivity index (χ1n) is 7.93. The molecule has 2 nitrogen and oxygen atoms in total. The number of aliphatic hydroxyl groups excluding tert-OH is 2. The van der Waals surface area contributed by atoms with Crippen molar-refractivity contribution in [3.8, 4) is 0 Å². The van der Waals surface area contributed by atoms with E-state index in [9.17, 15) is 10.2 Å². The van der Waals surface area contributed by atoms with E-state index < -0.39 is 0 Å². The van der Waals surface area contributed by atoms with Gasteiger partial charge in [0.25, 0.3) is 0 Å². The average Bonchev–Trinajstić information content (AvgIpc) is 2.40. The Morgan fingerprint density at radius 2 is 1.89 bits per heavy atom. The summed E-state index contributed by atoms with van der Waals surface area (Å²) >= 11 is 0. The first kappa shape index (κ1) is 15.1. The number of hydrogen-bond acceptors (Lipinski definition) is 2. The van der Waals surface area contributed by atoms with Gasteiger partial charge in [0, 0.05) is 6.61 Å². The van der Waals surface area contributed by atoms with Crippen molar-refractivity contribution in [2.45, 2.75) is 53.1 Å². The Kier molecular flexibility index (Phi) is 4.73. The minimum Gasteiger partial charge on any atom is -0.396 e. The van der Waals surface area contributed by atoms with Crippen molar-refractivity contribution < 1.29 is 10.2 Å². The molecule has 0 aromatic carbocycles. The molecule has 0 aromatic heterocycles. The quantitative estimate of drug-likeness (QED) is 0.753. The molecule has 0 saturated heterocycles. The summed E-state index contributed by atoms with van der Waals surface area (Å²) in [7, 11) is 0. The first-order chi connectivity index (χ1) is 9.01. The fourth-order valence-corrected chi connectivity index (χ4v) is 5.02. The van der Waals surface area contributed by atoms with Crippen LogP contribution in [-0.4, -0.2) is 22.9 Å². The van der Waals surface area contributed by atoms with E-state index in [-0.39, 0.29) is 12.7 Å². The molecule has 2 fully saturated rings. The van der Waals surface area contributed by atoms with Crippen LogP contribution in [0.15, 0.2) is 11.6 Å². The number of rotatable bonds is 2. The van der Waals surface area contributed by atoms with Crippen LogP contribution in [0.3, 0.4) is 0 Å². The summed E-state index contributed by atoms with van der Waals surface area (Å²) in [6.45, 7) is 9.17. The molecule has 0 heterocycles. The maximum absolute atomic E-state index is 10.3. The van der Waals surface area contributed by atoms with Crippen LogP contribution in [-0.2, 0) is 0 Å². The standard InChI is InChI=1S/C17H30O2/c1-5-10(2)16-12(4)8-13-15(19)7-6-11(3)17(13)14(16)9-18/h5,11-19H,6-9H2,1-4H3/t11-,12-,13-,14+,15-,16?,17+/m0/s1. The van der Waals surface area contributed by atoms with E-state index in [2.05, 4.69) is 33.8 Å². The van der Waals surface area contributed by atoms with Crippen molar-refractivity contribution in [3.63, 3.8) is 0 Å². The highest BCUT2D eigenvalue weighted by Gasteiger charge is 2.49. The molecule has 0 aliphatic heterocycles. The number of allylic oxidation sites excluding steroid dienone is 2. The fourth-order valence-electron chi connectivity index (χ4n) is 5.02. The summed E-state index contributed by atoms with van der Waals surface area (Å²) in [6.07, 6.45) is 5.22. The van der Waals surface area contributed by atoms with Gasteiger partial charge in [0.05, 0.1) is 6.10 Å². The van der Waals surface area contributed by atoms with Crippen LogP contribution < -0.4 is 0 Å². The zero-order valence-electron chi connectivity index (χ0n) is 12.8. The average molecular weight is 266 g/mol. The minimum atomic E-state index is -0.149. The van der Waals surface area contributed by atoms with Gasteiger partial charge in [-0.25, -0.2) is 0 Å². The smallest absolute Gasteiger partial charge is 0.0571 e. The topological polar surface area (TPSA) is 40.5 Å². The van der Waals surface area contributed by atoms with Gasteiger partial charge in [0.2, 0.25) is 0 Å². The van der Waals surface area contributed by atoms with Gasteiger partial charge >= 0.3 is 0 Å². The number of fused-ring (bicyclic) bond motifs is 1. The van der Waals surface area contributed by atoms with E-state index in [4.69, 9.17) is 0 Å². The van der Waals surface area contributed by atoms with Gasteiger partial charge < -0.3 is 10.2 Å². The van der Waals surface area contributed by atoms with Gasteiger partial charge in [0.15, 0.2) is 0 Å². The Morgan fingerprint density at radius 1 is 1.21 bits per heavy atom. The molecule has 0 radical (unpaired) electrons. The molecule has 2 aliphatic carbocycles. The summed E-state index contributed by atoms with van der Waals surface area (Å²) in [5.41, 5.74) is 1.41. The molecule has 0 bridgehead atoms. The van der Waals surface area contributed by atoms with Gasteiger partial charge in [-0.1, -0.05) is 25.5 Å². The number of hydrogen-bond donors (Lipinski definition) is 2. The predicted octanol–water partition coefficient (Wildman–Crippen LogP) is 3.24. The highest BCUT2D eigenvalue weighted by atomic mass is 16.3. The van der Waals surface area contributed by atoms with E-state index in [0.717, 1.165) is 19.3 Å². The van der Waals surface area contributed by atoms with Crippen molar-refractivity contribution in [2.75, 3.05) is 6.61 Å². The van der Waals surface area contributed by atoms with Crippen LogP contribution in [0.25, 0.3) is 0 Å². The lowest BCUT2D eigenvalue weighted by Gasteiger charge is -2.52. The molecule has 7 atom stereocenters. The third-order valence-corrected chi connectivity index (χ3v) is 5.97. The van der Waals surface area contributed by atoms with Crippen LogP contribution in [0.2, 0.25) is 0 Å². The second-order valence-electron chi connectivity index (χ2n) is 6.98. The van der Waals surface area contributed by atoms with E-state index >= 15 is 0 Å². The Hall–Kier alpha value is -0.340. The third kappa shape index (κ3) is 2.62. The van der Waals surface area contributed by atoms with Gasteiger partial charge in [-0.05, 0) is 68.6 Å². The van der Waals surface area contributed by atoms with Crippen LogP contribution in [0.5, 0.6) is 0 Å². The zero-order chi connectivity index (χ0) is 14.2. The lowest BCUT2D eigenvalue weighted by Crippen LogP contribution is -2.50. The summed E-state index contributed by atoms with van der Waals surface area (Å²) in [5, 5.41) is 20.3. The van der Waals surface area contributed by atoms with E-state index in [1.807, 2.05) is 0 Å². The minimum absolute atomic E-state index is 0.149. The Bertz CT molecular complexity index is 336. The van der Waals surface area contributed by atoms with Gasteiger partial charge in [0.1, 0.15) is 0 Å². The Labute approximate surface area is 117 Å². The van der Waals surface area contributed by atoms with Crippen LogP contribution in [0, 0.1) is 35.5 Å². The predicted molar refractivity (Wildman–Crippen MR) is 78.7 cm³/mol. The maximum Gasteiger partial charge on any atom is 0.0571 e. The lowest BCUT2D eigenvalue weighted by atomic mass is 9.53. The molecule has 0 amide bonds. The van der Waals surface area contributed by atoms with Gasteiger partial charge in [-0.3, -0.25) is 0 Å². The largest absolute Gasteiger partial charge is 0.396 e. The van der Waals surface area contributed by atoms with Gasteiger partial charge in [-0.2, -0.15) is 0 Å². The molecule has 2 saturated carbocycles. The molecule has 2 rings (SSSR count). The molecule has 1 unspecified atom stereocenters. The second kappa shape index (κ2) is 5.97. The molecular formula is C17H30O2. The van der Waals surface area contributed by atoms with E-state index in [0.29, 0.717) is 35.5 Å². The maximum atomic E-state index is 10.3. The lowest BCUT2D eigenvalue weighted by molar-refractivity contribution is -0.0864. The van der Waals surface area contributed by atoms with Crippen molar-refractivity contribution >= 4 is 0 Å². The SMILES string of the molecule is CC=C(C)C1[C@@H](CO)[C@H]2[C@@H](C[C@@H]1C)[C@@H](O)CC[C@@H]2C. The third-order valence-electron chi connectivity index (χ3n) is 5.97. The summed E-state index contributed by atoms with van der Waals surface area (Å²) in [5.74, 6) is 2.90. The molecule has 2 aliphatic rings. The first-order valence-corrected chi connectivity index (χ1v) is 7.93. The van der Waals surface area contributed by atoms with Crippen LogP contribution in [0.1, 0.15) is 47.0 Å². The Morgan fingerprint density at radius 3 is 2.47 bits per heavy atom. The second-order valence-corrected chi connectivity index (χ2v) is 6.98. The summed E-state index contributed by atoms with van der Waals surface area (Å²) < 4.78 is 0. The van der Waals surface area contributed by atoms with Crippen molar-refractivity contribution in [3.05, 3.63) is 11.6 Å². The molecule has 0 spiro atoms. The monoisotopic (exact) mass is 266 g/mol. The van der Waals surface area contributed by atoms with Crippen molar-refractivity contribution in [1.29, 1.82) is 0 Å². The zero-order valence-corrected chi connectivity index (χ0v) is 12.8. The van der Waals surface area contributed by atoms with Crippen LogP contribution in [0.4, 0.5) is 0 Å². The van der Waals surface area contributed by atoms with E-state index in [1.54, 1.807) is 0 Å². The molecule has 0 aromatic rings. The van der Waals surface area contributed by atoms with Crippen molar-refractivity contribution in [2.24, 2.45) is 35.5 Å². The summed E-state index contributed by atoms with van der Waals surface area (Å²) in [6, 6.07) is 0. The molecule has 19 heavy (non-hydrogen) atoms. The number of aliphatic hydroxyl groups is 2.